The maximum absolute atomic E-state index is 11.8. The van der Waals surface area contributed by atoms with Crippen LogP contribution in [0.15, 0.2) is 16.6 Å². The van der Waals surface area contributed by atoms with Crippen LogP contribution >= 0.6 is 39.1 Å². The normalized spacial score (nSPS) is 11.2. The van der Waals surface area contributed by atoms with Crippen LogP contribution in [0.2, 0.25) is 10.0 Å². The smallest absolute Gasteiger partial charge is 0.422 e. The molecule has 0 unspecified atom stereocenters. The van der Waals surface area contributed by atoms with Gasteiger partial charge in [-0.3, -0.25) is 5.32 Å². The summed E-state index contributed by atoms with van der Waals surface area (Å²) in [6.07, 6.45) is -5.86. The maximum atomic E-state index is 11.8. The third kappa shape index (κ3) is 4.55. The molecule has 0 saturated carbocycles. The lowest BCUT2D eigenvalue weighted by Crippen LogP contribution is -2.23. The molecule has 3 nitrogen and oxygen atoms in total. The maximum Gasteiger partial charge on any atom is 0.422 e. The molecule has 0 saturated heterocycles. The summed E-state index contributed by atoms with van der Waals surface area (Å²) in [6.45, 7) is -1.68. The van der Waals surface area contributed by atoms with Gasteiger partial charge in [0.15, 0.2) is 6.61 Å². The summed E-state index contributed by atoms with van der Waals surface area (Å²) >= 11 is 14.6. The van der Waals surface area contributed by atoms with Crippen LogP contribution in [0.3, 0.4) is 0 Å². The molecular formula is C9H5BrCl2F3NO2. The number of anilines is 1. The number of rotatable bonds is 2. The van der Waals surface area contributed by atoms with Gasteiger partial charge in [-0.1, -0.05) is 23.2 Å². The first-order valence-electron chi connectivity index (χ1n) is 4.35. The summed E-state index contributed by atoms with van der Waals surface area (Å²) in [5.74, 6) is 0. The van der Waals surface area contributed by atoms with E-state index in [2.05, 4.69) is 26.0 Å². The van der Waals surface area contributed by atoms with Gasteiger partial charge in [-0.15, -0.1) is 0 Å². The van der Waals surface area contributed by atoms with E-state index in [0.29, 0.717) is 4.47 Å². The zero-order valence-corrected chi connectivity index (χ0v) is 11.5. The van der Waals surface area contributed by atoms with Crippen molar-refractivity contribution in [2.24, 2.45) is 0 Å². The molecule has 0 atom stereocenters. The van der Waals surface area contributed by atoms with Crippen molar-refractivity contribution in [1.82, 2.24) is 0 Å². The van der Waals surface area contributed by atoms with Crippen LogP contribution in [-0.2, 0) is 4.74 Å². The number of carbonyl (C=O) groups excluding carboxylic acids is 1. The van der Waals surface area contributed by atoms with E-state index in [1.165, 1.54) is 12.1 Å². The number of amides is 1. The van der Waals surface area contributed by atoms with Gasteiger partial charge in [-0.2, -0.15) is 13.2 Å². The summed E-state index contributed by atoms with van der Waals surface area (Å²) in [5, 5.41) is 2.18. The van der Waals surface area contributed by atoms with Crippen molar-refractivity contribution in [3.05, 3.63) is 26.7 Å². The van der Waals surface area contributed by atoms with Crippen molar-refractivity contribution >= 4 is 50.9 Å². The van der Waals surface area contributed by atoms with Crippen molar-refractivity contribution in [1.29, 1.82) is 0 Å². The fourth-order valence-corrected chi connectivity index (χ4v) is 1.74. The molecule has 0 aliphatic heterocycles. The number of nitrogens with one attached hydrogen (secondary N) is 1. The molecule has 0 aliphatic rings. The molecule has 18 heavy (non-hydrogen) atoms. The summed E-state index contributed by atoms with van der Waals surface area (Å²) in [6, 6.07) is 2.85. The molecule has 9 heteroatoms. The molecule has 0 heterocycles. The first-order valence-corrected chi connectivity index (χ1v) is 5.89. The SMILES string of the molecule is O=C(Nc1ccc(Br)c(Cl)c1Cl)OCC(F)(F)F. The Balaban J connectivity index is 2.68. The van der Waals surface area contributed by atoms with Crippen LogP contribution in [0.5, 0.6) is 0 Å². The molecular weight excluding hydrogens is 362 g/mol. The van der Waals surface area contributed by atoms with Crippen LogP contribution < -0.4 is 5.32 Å². The van der Waals surface area contributed by atoms with E-state index in [9.17, 15) is 18.0 Å². The molecule has 0 bridgehead atoms. The second-order valence-corrected chi connectivity index (χ2v) is 4.65. The first kappa shape index (κ1) is 15.4. The molecule has 0 fully saturated rings. The Labute approximate surface area is 118 Å². The fraction of sp³-hybridized carbons (Fsp3) is 0.222. The minimum absolute atomic E-state index is 0.00463. The summed E-state index contributed by atoms with van der Waals surface area (Å²) in [7, 11) is 0. The average molecular weight is 367 g/mol. The molecule has 1 N–H and O–H groups in total. The van der Waals surface area contributed by atoms with E-state index < -0.39 is 18.9 Å². The Morgan fingerprint density at radius 2 is 1.94 bits per heavy atom. The van der Waals surface area contributed by atoms with Crippen LogP contribution in [-0.4, -0.2) is 18.9 Å². The minimum atomic E-state index is -4.58. The van der Waals surface area contributed by atoms with Gasteiger partial charge in [0, 0.05) is 4.47 Å². The van der Waals surface area contributed by atoms with Gasteiger partial charge in [0.2, 0.25) is 0 Å². The second-order valence-electron chi connectivity index (χ2n) is 3.04. The highest BCUT2D eigenvalue weighted by molar-refractivity contribution is 9.10. The summed E-state index contributed by atoms with van der Waals surface area (Å²) < 4.78 is 39.8. The number of benzene rings is 1. The lowest BCUT2D eigenvalue weighted by atomic mass is 10.3. The van der Waals surface area contributed by atoms with Crippen molar-refractivity contribution in [2.45, 2.75) is 6.18 Å². The molecule has 100 valence electrons. The monoisotopic (exact) mass is 365 g/mol. The highest BCUT2D eigenvalue weighted by Gasteiger charge is 2.29. The zero-order chi connectivity index (χ0) is 13.9. The molecule has 0 aliphatic carbocycles. The number of alkyl halides is 3. The number of hydrogen-bond acceptors (Lipinski definition) is 2. The van der Waals surface area contributed by atoms with Crippen molar-refractivity contribution < 1.29 is 22.7 Å². The Bertz CT molecular complexity index is 468. The van der Waals surface area contributed by atoms with Gasteiger partial charge in [0.05, 0.1) is 15.7 Å². The molecule has 1 aromatic carbocycles. The Kier molecular flexibility index (Phi) is 5.12. The van der Waals surface area contributed by atoms with Crippen LogP contribution in [0.1, 0.15) is 0 Å². The largest absolute Gasteiger partial charge is 0.440 e. The molecule has 0 aromatic heterocycles. The van der Waals surface area contributed by atoms with Gasteiger partial charge in [-0.25, -0.2) is 4.79 Å². The van der Waals surface area contributed by atoms with Gasteiger partial charge in [0.1, 0.15) is 0 Å². The van der Waals surface area contributed by atoms with E-state index >= 15 is 0 Å². The van der Waals surface area contributed by atoms with Crippen LogP contribution in [0.25, 0.3) is 0 Å². The highest BCUT2D eigenvalue weighted by atomic mass is 79.9. The third-order valence-corrected chi connectivity index (χ3v) is 3.41. The molecule has 0 spiro atoms. The van der Waals surface area contributed by atoms with Gasteiger partial charge in [-0.05, 0) is 28.1 Å². The van der Waals surface area contributed by atoms with Gasteiger partial charge < -0.3 is 4.74 Å². The van der Waals surface area contributed by atoms with E-state index in [0.717, 1.165) is 0 Å². The highest BCUT2D eigenvalue weighted by Crippen LogP contribution is 2.35. The van der Waals surface area contributed by atoms with E-state index in [-0.39, 0.29) is 15.7 Å². The van der Waals surface area contributed by atoms with E-state index in [1.54, 1.807) is 0 Å². The lowest BCUT2D eigenvalue weighted by molar-refractivity contribution is -0.159. The Morgan fingerprint density at radius 1 is 1.33 bits per heavy atom. The van der Waals surface area contributed by atoms with Crippen molar-refractivity contribution in [3.8, 4) is 0 Å². The number of hydrogen-bond donors (Lipinski definition) is 1. The number of ether oxygens (including phenoxy) is 1. The quantitative estimate of drug-likeness (QED) is 0.758. The Morgan fingerprint density at radius 3 is 2.50 bits per heavy atom. The van der Waals surface area contributed by atoms with Crippen molar-refractivity contribution in [3.63, 3.8) is 0 Å². The predicted molar refractivity (Wildman–Crippen MR) is 65.2 cm³/mol. The average Bonchev–Trinajstić information content (AvgIpc) is 2.26. The summed E-state index contributed by atoms with van der Waals surface area (Å²) in [4.78, 5) is 11.1. The van der Waals surface area contributed by atoms with E-state index in [4.69, 9.17) is 23.2 Å². The van der Waals surface area contributed by atoms with Gasteiger partial charge >= 0.3 is 12.3 Å². The third-order valence-electron chi connectivity index (χ3n) is 1.64. The van der Waals surface area contributed by atoms with Gasteiger partial charge in [0.25, 0.3) is 0 Å². The predicted octanol–water partition coefficient (Wildman–Crippen LogP) is 4.87. The molecule has 0 radical (unpaired) electrons. The van der Waals surface area contributed by atoms with Crippen LogP contribution in [0.4, 0.5) is 23.7 Å². The minimum Gasteiger partial charge on any atom is -0.440 e. The van der Waals surface area contributed by atoms with Crippen molar-refractivity contribution in [2.75, 3.05) is 11.9 Å². The zero-order valence-electron chi connectivity index (χ0n) is 8.45. The number of halogens is 6. The van der Waals surface area contributed by atoms with E-state index in [1.807, 2.05) is 0 Å². The van der Waals surface area contributed by atoms with Crippen LogP contribution in [0, 0.1) is 0 Å². The fourth-order valence-electron chi connectivity index (χ4n) is 0.916. The molecule has 1 rings (SSSR count). The second kappa shape index (κ2) is 5.99. The lowest BCUT2D eigenvalue weighted by Gasteiger charge is -2.11. The topological polar surface area (TPSA) is 38.3 Å². The molecule has 1 amide bonds. The standard InChI is InChI=1S/C9H5BrCl2F3NO2/c10-4-1-2-5(7(12)6(4)11)16-8(17)18-3-9(13,14)15/h1-2H,3H2,(H,16,17). The number of carbonyl (C=O) groups is 1. The first-order chi connectivity index (χ1) is 8.20. The molecule has 1 aromatic rings. The summed E-state index contributed by atoms with van der Waals surface area (Å²) in [5.41, 5.74) is 0.0528. The Hall–Kier alpha value is -0.660.